The number of nitrogens with zero attached hydrogens (tertiary/aromatic N) is 2. The van der Waals surface area contributed by atoms with E-state index in [1.165, 1.54) is 22.6 Å². The number of sulfonamides is 1. The van der Waals surface area contributed by atoms with Crippen molar-refractivity contribution in [3.05, 3.63) is 30.2 Å². The first kappa shape index (κ1) is 20.7. The first-order valence-corrected chi connectivity index (χ1v) is 10.8. The Kier molecular flexibility index (Phi) is 6.63. The Bertz CT molecular complexity index is 816. The number of pyridine rings is 1. The highest BCUT2D eigenvalue weighted by Gasteiger charge is 2.34. The van der Waals surface area contributed by atoms with Gasteiger partial charge in [-0.3, -0.25) is 4.79 Å². The molecule has 154 valence electrons. The maximum absolute atomic E-state index is 12.8. The summed E-state index contributed by atoms with van der Waals surface area (Å²) >= 11 is 0. The SMILES string of the molecule is NC/C(=C\F)COc1ccc(S(=O)(=O)N2CCC(C(=O)NC3CC3)CC2)cn1. The van der Waals surface area contributed by atoms with Gasteiger partial charge in [0.25, 0.3) is 0 Å². The Balaban J connectivity index is 1.56. The highest BCUT2D eigenvalue weighted by Crippen LogP contribution is 2.26. The molecule has 3 rings (SSSR count). The monoisotopic (exact) mass is 412 g/mol. The number of hydrogen-bond acceptors (Lipinski definition) is 6. The zero-order valence-corrected chi connectivity index (χ0v) is 16.3. The predicted octanol–water partition coefficient (Wildman–Crippen LogP) is 0.952. The summed E-state index contributed by atoms with van der Waals surface area (Å²) in [5, 5.41) is 2.98. The molecule has 0 spiro atoms. The van der Waals surface area contributed by atoms with E-state index >= 15 is 0 Å². The molecule has 1 aliphatic heterocycles. The van der Waals surface area contributed by atoms with E-state index in [-0.39, 0.29) is 41.3 Å². The first-order chi connectivity index (χ1) is 13.4. The third-order valence-corrected chi connectivity index (χ3v) is 6.80. The Morgan fingerprint density at radius 1 is 1.32 bits per heavy atom. The number of nitrogens with two attached hydrogens (primary N) is 1. The lowest BCUT2D eigenvalue weighted by molar-refractivity contribution is -0.126. The van der Waals surface area contributed by atoms with Crippen LogP contribution in [0.2, 0.25) is 0 Å². The maximum Gasteiger partial charge on any atom is 0.244 e. The lowest BCUT2D eigenvalue weighted by atomic mass is 9.97. The fraction of sp³-hybridized carbons (Fsp3) is 0.556. The van der Waals surface area contributed by atoms with Crippen LogP contribution in [0.4, 0.5) is 4.39 Å². The van der Waals surface area contributed by atoms with Crippen molar-refractivity contribution in [2.75, 3.05) is 26.2 Å². The summed E-state index contributed by atoms with van der Waals surface area (Å²) in [5.41, 5.74) is 5.62. The lowest BCUT2D eigenvalue weighted by Gasteiger charge is -2.30. The topological polar surface area (TPSA) is 115 Å². The van der Waals surface area contributed by atoms with Gasteiger partial charge in [-0.2, -0.15) is 4.31 Å². The molecule has 28 heavy (non-hydrogen) atoms. The van der Waals surface area contributed by atoms with Crippen LogP contribution in [0.5, 0.6) is 5.88 Å². The molecule has 0 atom stereocenters. The van der Waals surface area contributed by atoms with Gasteiger partial charge in [0.15, 0.2) is 0 Å². The van der Waals surface area contributed by atoms with E-state index < -0.39 is 10.0 Å². The predicted molar refractivity (Wildman–Crippen MR) is 101 cm³/mol. The molecular formula is C18H25FN4O4S. The van der Waals surface area contributed by atoms with Crippen LogP contribution in [-0.2, 0) is 14.8 Å². The van der Waals surface area contributed by atoms with Gasteiger partial charge >= 0.3 is 0 Å². The molecule has 1 saturated carbocycles. The second-order valence-corrected chi connectivity index (χ2v) is 8.99. The van der Waals surface area contributed by atoms with Crippen LogP contribution in [0.3, 0.4) is 0 Å². The third-order valence-electron chi connectivity index (χ3n) is 4.92. The van der Waals surface area contributed by atoms with Crippen molar-refractivity contribution < 1.29 is 22.3 Å². The van der Waals surface area contributed by atoms with E-state index in [9.17, 15) is 17.6 Å². The summed E-state index contributed by atoms with van der Waals surface area (Å²) in [4.78, 5) is 16.2. The van der Waals surface area contributed by atoms with Gasteiger partial charge in [-0.05, 0) is 31.7 Å². The number of halogens is 1. The van der Waals surface area contributed by atoms with Gasteiger partial charge in [-0.1, -0.05) is 0 Å². The first-order valence-electron chi connectivity index (χ1n) is 9.31. The standard InChI is InChI=1S/C18H25FN4O4S/c19-9-13(10-20)12-27-17-4-3-16(11-21-17)28(25,26)23-7-5-14(6-8-23)18(24)22-15-1-2-15/h3-4,9,11,14-15H,1-2,5-8,10,12,20H2,(H,22,24)/b13-9+. The fourth-order valence-corrected chi connectivity index (χ4v) is 4.38. The van der Waals surface area contributed by atoms with Crippen molar-refractivity contribution in [3.63, 3.8) is 0 Å². The minimum absolute atomic E-state index is 0.0254. The summed E-state index contributed by atoms with van der Waals surface area (Å²) in [6, 6.07) is 3.14. The van der Waals surface area contributed by atoms with E-state index in [1.54, 1.807) is 0 Å². The molecule has 2 fully saturated rings. The number of carbonyl (C=O) groups is 1. The number of piperidine rings is 1. The van der Waals surface area contributed by atoms with Crippen LogP contribution < -0.4 is 15.8 Å². The molecule has 2 heterocycles. The average molecular weight is 412 g/mol. The van der Waals surface area contributed by atoms with Gasteiger partial charge in [0.1, 0.15) is 11.5 Å². The van der Waals surface area contributed by atoms with Crippen molar-refractivity contribution >= 4 is 15.9 Å². The van der Waals surface area contributed by atoms with E-state index in [0.717, 1.165) is 12.8 Å². The van der Waals surface area contributed by atoms with Crippen LogP contribution in [0.25, 0.3) is 0 Å². The van der Waals surface area contributed by atoms with Crippen LogP contribution in [0.1, 0.15) is 25.7 Å². The average Bonchev–Trinajstić information content (AvgIpc) is 3.53. The van der Waals surface area contributed by atoms with Crippen molar-refractivity contribution in [3.8, 4) is 5.88 Å². The highest BCUT2D eigenvalue weighted by molar-refractivity contribution is 7.89. The molecule has 1 saturated heterocycles. The maximum atomic E-state index is 12.8. The van der Waals surface area contributed by atoms with Crippen LogP contribution >= 0.6 is 0 Å². The Morgan fingerprint density at radius 2 is 2.04 bits per heavy atom. The van der Waals surface area contributed by atoms with Crippen molar-refractivity contribution in [1.82, 2.24) is 14.6 Å². The molecule has 0 bridgehead atoms. The van der Waals surface area contributed by atoms with Gasteiger partial charge in [-0.15, -0.1) is 0 Å². The molecular weight excluding hydrogens is 387 g/mol. The number of amides is 1. The second-order valence-electron chi connectivity index (χ2n) is 7.05. The molecule has 1 aliphatic carbocycles. The Morgan fingerprint density at radius 3 is 2.57 bits per heavy atom. The zero-order valence-electron chi connectivity index (χ0n) is 15.5. The number of nitrogens with one attached hydrogen (secondary N) is 1. The second kappa shape index (κ2) is 8.97. The molecule has 3 N–H and O–H groups in total. The molecule has 2 aliphatic rings. The lowest BCUT2D eigenvalue weighted by Crippen LogP contribution is -2.43. The van der Waals surface area contributed by atoms with Gasteiger partial charge in [0, 0.05) is 43.2 Å². The quantitative estimate of drug-likeness (QED) is 0.657. The molecule has 1 aromatic heterocycles. The molecule has 10 heteroatoms. The van der Waals surface area contributed by atoms with Crippen LogP contribution in [-0.4, -0.2) is 55.9 Å². The number of hydrogen-bond donors (Lipinski definition) is 2. The van der Waals surface area contributed by atoms with E-state index in [4.69, 9.17) is 10.5 Å². The minimum Gasteiger partial charge on any atom is -0.473 e. The normalized spacial score (nSPS) is 19.4. The number of carbonyl (C=O) groups excluding carboxylic acids is 1. The van der Waals surface area contributed by atoms with Gasteiger partial charge in [0.05, 0.1) is 12.5 Å². The van der Waals surface area contributed by atoms with E-state index in [2.05, 4.69) is 10.3 Å². The van der Waals surface area contributed by atoms with Crippen LogP contribution in [0, 0.1) is 5.92 Å². The zero-order chi connectivity index (χ0) is 20.1. The van der Waals surface area contributed by atoms with Crippen molar-refractivity contribution in [2.24, 2.45) is 11.7 Å². The highest BCUT2D eigenvalue weighted by atomic mass is 32.2. The number of aromatic nitrogens is 1. The summed E-state index contributed by atoms with van der Waals surface area (Å²) < 4.78 is 44.7. The summed E-state index contributed by atoms with van der Waals surface area (Å²) in [7, 11) is -3.69. The Hall–Kier alpha value is -2.04. The summed E-state index contributed by atoms with van der Waals surface area (Å²) in [6.07, 6.45) is 4.67. The number of ether oxygens (including phenoxy) is 1. The van der Waals surface area contributed by atoms with Gasteiger partial charge < -0.3 is 15.8 Å². The minimum atomic E-state index is -3.69. The van der Waals surface area contributed by atoms with Gasteiger partial charge in [-0.25, -0.2) is 17.8 Å². The van der Waals surface area contributed by atoms with E-state index in [0.29, 0.717) is 38.3 Å². The largest absolute Gasteiger partial charge is 0.473 e. The summed E-state index contributed by atoms with van der Waals surface area (Å²) in [6.45, 7) is 0.565. The van der Waals surface area contributed by atoms with Crippen molar-refractivity contribution in [1.29, 1.82) is 0 Å². The summed E-state index contributed by atoms with van der Waals surface area (Å²) in [5.74, 6) is 0.0744. The molecule has 0 aromatic carbocycles. The third kappa shape index (κ3) is 5.06. The molecule has 1 amide bonds. The van der Waals surface area contributed by atoms with Crippen molar-refractivity contribution in [2.45, 2.75) is 36.6 Å². The van der Waals surface area contributed by atoms with Gasteiger partial charge in [0.2, 0.25) is 21.8 Å². The Labute approximate surface area is 164 Å². The molecule has 8 nitrogen and oxygen atoms in total. The number of rotatable bonds is 8. The molecule has 1 aromatic rings. The smallest absolute Gasteiger partial charge is 0.244 e. The fourth-order valence-electron chi connectivity index (χ4n) is 2.96. The van der Waals surface area contributed by atoms with E-state index in [1.807, 2.05) is 0 Å². The molecule has 0 radical (unpaired) electrons. The molecule has 0 unspecified atom stereocenters. The van der Waals surface area contributed by atoms with Crippen LogP contribution in [0.15, 0.2) is 35.1 Å².